The van der Waals surface area contributed by atoms with E-state index >= 15 is 0 Å². The van der Waals surface area contributed by atoms with Crippen LogP contribution in [0.5, 0.6) is 0 Å². The molecule has 1 atom stereocenters. The van der Waals surface area contributed by atoms with Crippen molar-refractivity contribution in [3.63, 3.8) is 0 Å². The van der Waals surface area contributed by atoms with Crippen LogP contribution in [-0.4, -0.2) is 65.9 Å². The molecule has 0 heterocycles. The van der Waals surface area contributed by atoms with E-state index in [0.29, 0.717) is 0 Å². The van der Waals surface area contributed by atoms with Gasteiger partial charge >= 0.3 is 65.6 Å². The average molecular weight is 548 g/mol. The number of rotatable bonds is 10. The molecule has 33 heavy (non-hydrogen) atoms. The molecule has 3 nitrogen and oxygen atoms in total. The Morgan fingerprint density at radius 2 is 0.848 bits per heavy atom. The summed E-state index contributed by atoms with van der Waals surface area (Å²) in [5.41, 5.74) is 0. The topological polar surface area (TPSA) is 57.2 Å². The van der Waals surface area contributed by atoms with Crippen LogP contribution < -0.4 is 18.9 Å². The fraction of sp³-hybridized carbons (Fsp3) is 1.00. The summed E-state index contributed by atoms with van der Waals surface area (Å²) in [7, 11) is -8.15. The van der Waals surface area contributed by atoms with Gasteiger partial charge in [0, 0.05) is 0 Å². The molecule has 0 aliphatic heterocycles. The zero-order valence-corrected chi connectivity index (χ0v) is 16.2. The van der Waals surface area contributed by atoms with E-state index < -0.39 is 69.4 Å². The molecule has 0 saturated heterocycles. The van der Waals surface area contributed by atoms with Crippen molar-refractivity contribution in [2.24, 2.45) is 0 Å². The van der Waals surface area contributed by atoms with Gasteiger partial charge in [0.1, 0.15) is 0 Å². The van der Waals surface area contributed by atoms with Crippen molar-refractivity contribution in [1.29, 1.82) is 0 Å². The van der Waals surface area contributed by atoms with Crippen LogP contribution in [0.25, 0.3) is 0 Å². The number of alkyl halides is 17. The zero-order valence-electron chi connectivity index (χ0n) is 15.3. The Morgan fingerprint density at radius 3 is 1.09 bits per heavy atom. The predicted octanol–water partition coefficient (Wildman–Crippen LogP) is 2.32. The molecule has 0 amide bonds. The minimum absolute atomic E-state index is 0. The molecule has 0 bridgehead atoms. The molecule has 0 fully saturated rings. The molecule has 0 spiro atoms. The fourth-order valence-electron chi connectivity index (χ4n) is 1.79. The maximum atomic E-state index is 13.4. The van der Waals surface area contributed by atoms with Crippen LogP contribution in [0.3, 0.4) is 0 Å². The summed E-state index contributed by atoms with van der Waals surface area (Å²) in [5, 5.41) is -7.95. The van der Waals surface area contributed by atoms with Crippen molar-refractivity contribution in [1.82, 2.24) is 0 Å². The molecule has 22 heteroatoms. The summed E-state index contributed by atoms with van der Waals surface area (Å²) in [5.74, 6) is -58.7. The Labute approximate surface area is 183 Å². The van der Waals surface area contributed by atoms with Gasteiger partial charge in [-0.15, -0.1) is 0 Å². The first-order chi connectivity index (χ1) is 13.5. The van der Waals surface area contributed by atoms with Gasteiger partial charge in [-0.1, -0.05) is 6.92 Å². The van der Waals surface area contributed by atoms with E-state index in [4.69, 9.17) is 0 Å². The molecule has 0 radical (unpaired) electrons. The van der Waals surface area contributed by atoms with Crippen molar-refractivity contribution in [3.8, 4) is 0 Å². The van der Waals surface area contributed by atoms with Gasteiger partial charge < -0.3 is 4.55 Å². The smallest absolute Gasteiger partial charge is 0.743 e. The van der Waals surface area contributed by atoms with Gasteiger partial charge in [-0.25, -0.2) is 12.8 Å². The quantitative estimate of drug-likeness (QED) is 0.240. The minimum Gasteiger partial charge on any atom is -0.743 e. The fourth-order valence-corrected chi connectivity index (χ4v) is 2.23. The van der Waals surface area contributed by atoms with Gasteiger partial charge in [0.25, 0.3) is 0 Å². The van der Waals surface area contributed by atoms with Gasteiger partial charge in [-0.05, 0) is 6.42 Å². The third-order valence-electron chi connectivity index (χ3n) is 3.82. The second-order valence-electron chi connectivity index (χ2n) is 5.92. The Kier molecular flexibility index (Phi) is 9.16. The van der Waals surface area contributed by atoms with Crippen LogP contribution in [0.4, 0.5) is 74.6 Å². The molecular weight excluding hydrogens is 542 g/mol. The third kappa shape index (κ3) is 4.28. The van der Waals surface area contributed by atoms with E-state index in [-0.39, 0.29) is 25.8 Å². The molecule has 0 aliphatic rings. The van der Waals surface area contributed by atoms with E-state index in [1.807, 2.05) is 0 Å². The summed E-state index contributed by atoms with van der Waals surface area (Å²) in [6, 6.07) is 0. The predicted molar refractivity (Wildman–Crippen MR) is 64.5 cm³/mol. The van der Waals surface area contributed by atoms with Crippen molar-refractivity contribution in [2.45, 2.75) is 66.2 Å². The molecule has 0 rings (SSSR count). The van der Waals surface area contributed by atoms with Crippen molar-refractivity contribution >= 4 is 10.1 Å². The third-order valence-corrected chi connectivity index (χ3v) is 4.71. The molecule has 0 N–H and O–H groups in total. The summed E-state index contributed by atoms with van der Waals surface area (Å²) >= 11 is 0. The first kappa shape index (κ1) is 34.5. The van der Waals surface area contributed by atoms with E-state index in [0.717, 1.165) is 0 Å². The van der Waals surface area contributed by atoms with Gasteiger partial charge in [0.15, 0.2) is 16.3 Å². The average Bonchev–Trinajstić information content (AvgIpc) is 2.58. The summed E-state index contributed by atoms with van der Waals surface area (Å²) in [4.78, 5) is 0. The molecule has 0 aromatic heterocycles. The molecule has 0 saturated carbocycles. The normalized spacial score (nSPS) is 16.9. The minimum atomic E-state index is -8.89. The van der Waals surface area contributed by atoms with E-state index in [9.17, 15) is 87.6 Å². The molecule has 1 unspecified atom stereocenters. The Morgan fingerprint density at radius 1 is 0.606 bits per heavy atom. The van der Waals surface area contributed by atoms with E-state index in [2.05, 4.69) is 0 Å². The van der Waals surface area contributed by atoms with Crippen molar-refractivity contribution in [2.75, 3.05) is 0 Å². The van der Waals surface area contributed by atoms with Crippen molar-refractivity contribution in [3.05, 3.63) is 0 Å². The van der Waals surface area contributed by atoms with Crippen LogP contribution >= 0.6 is 0 Å². The maximum Gasteiger partial charge on any atom is 1.00 e. The molecular formula is C11H6F17LiO3S. The van der Waals surface area contributed by atoms with Crippen LogP contribution in [0, 0.1) is 0 Å². The van der Waals surface area contributed by atoms with Crippen LogP contribution in [-0.2, 0) is 10.1 Å². The van der Waals surface area contributed by atoms with Crippen LogP contribution in [0.1, 0.15) is 13.3 Å². The van der Waals surface area contributed by atoms with Gasteiger partial charge in [-0.2, -0.15) is 70.2 Å². The second-order valence-corrected chi connectivity index (χ2v) is 7.34. The maximum absolute atomic E-state index is 13.4. The van der Waals surface area contributed by atoms with Gasteiger partial charge in [0.05, 0.1) is 0 Å². The summed E-state index contributed by atoms with van der Waals surface area (Å²) < 4.78 is 254. The molecule has 0 aromatic rings. The number of hydrogen-bond donors (Lipinski definition) is 0. The molecule has 194 valence electrons. The Bertz CT molecular complexity index is 809. The number of halogens is 17. The van der Waals surface area contributed by atoms with E-state index in [1.54, 1.807) is 0 Å². The SMILES string of the molecule is CCC(F)C(F)(F)C(F)(F)C(F)(F)C(F)(F)C(F)(F)C(F)(F)C(F)(F)C(F)(F)S(=O)(=O)[O-].[Li+]. The Hall–Kier alpha value is -0.683. The monoisotopic (exact) mass is 548 g/mol. The van der Waals surface area contributed by atoms with Crippen molar-refractivity contribution < 1.29 is 106 Å². The van der Waals surface area contributed by atoms with Gasteiger partial charge in [-0.3, -0.25) is 0 Å². The number of hydrogen-bond acceptors (Lipinski definition) is 3. The van der Waals surface area contributed by atoms with Crippen LogP contribution in [0.15, 0.2) is 0 Å². The first-order valence-electron chi connectivity index (χ1n) is 7.10. The largest absolute Gasteiger partial charge is 1.00 e. The zero-order chi connectivity index (χ0) is 26.8. The second kappa shape index (κ2) is 8.76. The summed E-state index contributed by atoms with van der Waals surface area (Å²) in [6.45, 7) is 0.194. The first-order valence-corrected chi connectivity index (χ1v) is 8.51. The summed E-state index contributed by atoms with van der Waals surface area (Å²) in [6.07, 6.45) is -6.44. The van der Waals surface area contributed by atoms with Gasteiger partial charge in [0.2, 0.25) is 0 Å². The van der Waals surface area contributed by atoms with Crippen LogP contribution in [0.2, 0.25) is 0 Å². The molecule has 0 aromatic carbocycles. The standard InChI is InChI=1S/C11H7F17O3S.Li/c1-2-3(12)4(13,14)5(15,16)6(17,18)7(19,20)8(21,22)9(23,24)10(25,26)11(27,28)32(29,30)31;/h3H,2H2,1H3,(H,29,30,31);/q;+1/p-1. The Balaban J connectivity index is 0. The molecule has 0 aliphatic carbocycles. The van der Waals surface area contributed by atoms with E-state index in [1.165, 1.54) is 0 Å².